The molecule has 0 amide bonds. The van der Waals surface area contributed by atoms with Crippen LogP contribution in [0.25, 0.3) is 11.3 Å². The van der Waals surface area contributed by atoms with Gasteiger partial charge in [-0.1, -0.05) is 48.5 Å². The zero-order valence-electron chi connectivity index (χ0n) is 12.1. The summed E-state index contributed by atoms with van der Waals surface area (Å²) in [6, 6.07) is 20.4. The van der Waals surface area contributed by atoms with Gasteiger partial charge in [-0.25, -0.2) is 4.98 Å². The second-order valence-electron chi connectivity index (χ2n) is 4.73. The van der Waals surface area contributed by atoms with Crippen molar-refractivity contribution in [3.05, 3.63) is 76.6 Å². The number of nitrogens with one attached hydrogen (secondary N) is 3. The van der Waals surface area contributed by atoms with E-state index in [4.69, 9.17) is 0 Å². The summed E-state index contributed by atoms with van der Waals surface area (Å²) in [7, 11) is 0. The molecule has 0 saturated carbocycles. The van der Waals surface area contributed by atoms with E-state index in [1.807, 2.05) is 54.6 Å². The molecule has 0 saturated heterocycles. The number of hydrazine groups is 1. The maximum absolute atomic E-state index is 12.1. The Morgan fingerprint density at radius 1 is 0.957 bits per heavy atom. The van der Waals surface area contributed by atoms with E-state index in [2.05, 4.69) is 20.8 Å². The van der Waals surface area contributed by atoms with Crippen LogP contribution in [0, 0.1) is 11.3 Å². The standard InChI is InChI=1S/C17H13N5O/c18-11-14-15(12-7-3-1-4-8-12)19-17(20-16(14)23)22-21-13-9-5-2-6-10-13/h1-10,21H,(H2,19,20,22,23). The van der Waals surface area contributed by atoms with E-state index in [0.717, 1.165) is 5.69 Å². The zero-order chi connectivity index (χ0) is 16.1. The summed E-state index contributed by atoms with van der Waals surface area (Å²) in [5, 5.41) is 9.21. The van der Waals surface area contributed by atoms with Crippen molar-refractivity contribution in [2.45, 2.75) is 0 Å². The Bertz CT molecular complexity index is 898. The van der Waals surface area contributed by atoms with Crippen molar-refractivity contribution in [2.75, 3.05) is 10.9 Å². The highest BCUT2D eigenvalue weighted by molar-refractivity contribution is 5.67. The largest absolute Gasteiger partial charge is 0.298 e. The van der Waals surface area contributed by atoms with Gasteiger partial charge >= 0.3 is 0 Å². The molecule has 3 aromatic rings. The Morgan fingerprint density at radius 3 is 2.26 bits per heavy atom. The first kappa shape index (κ1) is 14.4. The molecule has 6 heteroatoms. The van der Waals surface area contributed by atoms with Gasteiger partial charge in [-0.3, -0.25) is 20.6 Å². The monoisotopic (exact) mass is 303 g/mol. The SMILES string of the molecule is N#Cc1c(-c2ccccc2)nc(NNc2ccccc2)[nH]c1=O. The van der Waals surface area contributed by atoms with Gasteiger partial charge < -0.3 is 0 Å². The third-order valence-electron chi connectivity index (χ3n) is 3.18. The lowest BCUT2D eigenvalue weighted by molar-refractivity contribution is 1.09. The number of hydrogen-bond donors (Lipinski definition) is 3. The first-order valence-electron chi connectivity index (χ1n) is 6.95. The molecule has 3 rings (SSSR count). The highest BCUT2D eigenvalue weighted by Gasteiger charge is 2.12. The summed E-state index contributed by atoms with van der Waals surface area (Å²) in [6.45, 7) is 0. The molecule has 6 nitrogen and oxygen atoms in total. The molecule has 3 N–H and O–H groups in total. The topological polar surface area (TPSA) is 93.6 Å². The van der Waals surface area contributed by atoms with Crippen LogP contribution >= 0.6 is 0 Å². The summed E-state index contributed by atoms with van der Waals surface area (Å²) >= 11 is 0. The van der Waals surface area contributed by atoms with Crippen molar-refractivity contribution in [3.8, 4) is 17.3 Å². The Kier molecular flexibility index (Phi) is 4.03. The molecule has 2 aromatic carbocycles. The molecule has 0 radical (unpaired) electrons. The Morgan fingerprint density at radius 2 is 1.61 bits per heavy atom. The van der Waals surface area contributed by atoms with Crippen LogP contribution in [0.4, 0.5) is 11.6 Å². The highest BCUT2D eigenvalue weighted by atomic mass is 16.1. The van der Waals surface area contributed by atoms with Gasteiger partial charge in [-0.05, 0) is 12.1 Å². The van der Waals surface area contributed by atoms with Gasteiger partial charge in [-0.2, -0.15) is 5.26 Å². The summed E-state index contributed by atoms with van der Waals surface area (Å²) < 4.78 is 0. The van der Waals surface area contributed by atoms with E-state index in [0.29, 0.717) is 11.3 Å². The quantitative estimate of drug-likeness (QED) is 0.644. The van der Waals surface area contributed by atoms with Gasteiger partial charge in [0.15, 0.2) is 0 Å². The number of anilines is 2. The molecule has 1 heterocycles. The predicted molar refractivity (Wildman–Crippen MR) is 88.7 cm³/mol. The van der Waals surface area contributed by atoms with Gasteiger partial charge in [0.2, 0.25) is 5.95 Å². The molecule has 0 aliphatic carbocycles. The zero-order valence-corrected chi connectivity index (χ0v) is 12.1. The Labute approximate surface area is 132 Å². The molecular formula is C17H13N5O. The number of rotatable bonds is 4. The van der Waals surface area contributed by atoms with Crippen molar-refractivity contribution in [1.29, 1.82) is 5.26 Å². The number of aromatic amines is 1. The number of nitrogens with zero attached hydrogens (tertiary/aromatic N) is 2. The van der Waals surface area contributed by atoms with E-state index in [1.165, 1.54) is 0 Å². The molecular weight excluding hydrogens is 290 g/mol. The van der Waals surface area contributed by atoms with E-state index in [1.54, 1.807) is 12.1 Å². The van der Waals surface area contributed by atoms with Crippen molar-refractivity contribution >= 4 is 11.6 Å². The van der Waals surface area contributed by atoms with E-state index in [-0.39, 0.29) is 11.5 Å². The molecule has 0 atom stereocenters. The first-order chi connectivity index (χ1) is 11.3. The van der Waals surface area contributed by atoms with Crippen LogP contribution in [0.5, 0.6) is 0 Å². The van der Waals surface area contributed by atoms with Crippen molar-refractivity contribution in [1.82, 2.24) is 9.97 Å². The molecule has 0 aliphatic heterocycles. The molecule has 0 aliphatic rings. The lowest BCUT2D eigenvalue weighted by Crippen LogP contribution is -2.20. The van der Waals surface area contributed by atoms with Gasteiger partial charge in [0.1, 0.15) is 11.6 Å². The first-order valence-corrected chi connectivity index (χ1v) is 6.95. The summed E-state index contributed by atoms with van der Waals surface area (Å²) in [5.41, 5.74) is 7.14. The third kappa shape index (κ3) is 3.19. The maximum Gasteiger partial charge on any atom is 0.270 e. The normalized spacial score (nSPS) is 9.87. The fourth-order valence-electron chi connectivity index (χ4n) is 2.09. The van der Waals surface area contributed by atoms with Gasteiger partial charge in [0.05, 0.1) is 11.4 Å². The number of benzene rings is 2. The molecule has 0 unspecified atom stereocenters. The van der Waals surface area contributed by atoms with Crippen LogP contribution in [0.1, 0.15) is 5.56 Å². The predicted octanol–water partition coefficient (Wildman–Crippen LogP) is 2.75. The fraction of sp³-hybridized carbons (Fsp3) is 0. The number of para-hydroxylation sites is 1. The third-order valence-corrected chi connectivity index (χ3v) is 3.18. The molecule has 23 heavy (non-hydrogen) atoms. The average Bonchev–Trinajstić information content (AvgIpc) is 2.61. The number of nitriles is 1. The van der Waals surface area contributed by atoms with Gasteiger partial charge in [0, 0.05) is 5.56 Å². The van der Waals surface area contributed by atoms with Gasteiger partial charge in [0.25, 0.3) is 5.56 Å². The molecule has 0 spiro atoms. The van der Waals surface area contributed by atoms with Crippen LogP contribution in [0.15, 0.2) is 65.5 Å². The second-order valence-corrected chi connectivity index (χ2v) is 4.73. The highest BCUT2D eigenvalue weighted by Crippen LogP contribution is 2.19. The van der Waals surface area contributed by atoms with E-state index < -0.39 is 5.56 Å². The van der Waals surface area contributed by atoms with E-state index in [9.17, 15) is 10.1 Å². The minimum absolute atomic E-state index is 0.0125. The number of aromatic nitrogens is 2. The fourth-order valence-corrected chi connectivity index (χ4v) is 2.09. The van der Waals surface area contributed by atoms with E-state index >= 15 is 0 Å². The Hall–Kier alpha value is -3.59. The number of hydrogen-bond acceptors (Lipinski definition) is 5. The van der Waals surface area contributed by atoms with Crippen molar-refractivity contribution in [2.24, 2.45) is 0 Å². The van der Waals surface area contributed by atoms with Gasteiger partial charge in [-0.15, -0.1) is 0 Å². The lowest BCUT2D eigenvalue weighted by Gasteiger charge is -2.10. The molecule has 112 valence electrons. The molecule has 0 bridgehead atoms. The Balaban J connectivity index is 1.95. The van der Waals surface area contributed by atoms with Crippen molar-refractivity contribution < 1.29 is 0 Å². The summed E-state index contributed by atoms with van der Waals surface area (Å²) in [4.78, 5) is 19.0. The summed E-state index contributed by atoms with van der Waals surface area (Å²) in [6.07, 6.45) is 0. The second kappa shape index (κ2) is 6.45. The van der Waals surface area contributed by atoms with Crippen LogP contribution in [-0.2, 0) is 0 Å². The van der Waals surface area contributed by atoms with Crippen LogP contribution in [0.3, 0.4) is 0 Å². The van der Waals surface area contributed by atoms with Crippen LogP contribution in [0.2, 0.25) is 0 Å². The van der Waals surface area contributed by atoms with Crippen LogP contribution in [-0.4, -0.2) is 9.97 Å². The molecule has 1 aromatic heterocycles. The smallest absolute Gasteiger partial charge is 0.270 e. The minimum Gasteiger partial charge on any atom is -0.298 e. The number of H-pyrrole nitrogens is 1. The maximum atomic E-state index is 12.1. The summed E-state index contributed by atoms with van der Waals surface area (Å²) in [5.74, 6) is 0.233. The molecule has 0 fully saturated rings. The lowest BCUT2D eigenvalue weighted by atomic mass is 10.1. The minimum atomic E-state index is -0.487. The van der Waals surface area contributed by atoms with Crippen LogP contribution < -0.4 is 16.4 Å². The van der Waals surface area contributed by atoms with Crippen molar-refractivity contribution in [3.63, 3.8) is 0 Å². The average molecular weight is 303 g/mol.